The van der Waals surface area contributed by atoms with E-state index in [9.17, 15) is 9.59 Å². The number of nitrogens with one attached hydrogen (secondary N) is 2. The molecule has 0 unspecified atom stereocenters. The van der Waals surface area contributed by atoms with E-state index in [0.29, 0.717) is 16.5 Å². The van der Waals surface area contributed by atoms with Gasteiger partial charge in [-0.25, -0.2) is 0 Å². The Kier molecular flexibility index (Phi) is 7.52. The van der Waals surface area contributed by atoms with Crippen LogP contribution in [0.25, 0.3) is 0 Å². The highest BCUT2D eigenvalue weighted by atomic mass is 35.5. The third-order valence-corrected chi connectivity index (χ3v) is 4.16. The van der Waals surface area contributed by atoms with Crippen LogP contribution < -0.4 is 16.4 Å². The molecule has 0 saturated heterocycles. The van der Waals surface area contributed by atoms with E-state index in [-0.39, 0.29) is 24.3 Å². The first-order chi connectivity index (χ1) is 11.0. The number of hydrogen-bond acceptors (Lipinski definition) is 3. The van der Waals surface area contributed by atoms with Crippen LogP contribution in [0.5, 0.6) is 0 Å². The Morgan fingerprint density at radius 2 is 1.88 bits per heavy atom. The van der Waals surface area contributed by atoms with Crippen molar-refractivity contribution in [2.45, 2.75) is 45.7 Å². The largest absolute Gasteiger partial charge is 0.349 e. The van der Waals surface area contributed by atoms with Crippen LogP contribution in [0.1, 0.15) is 33.3 Å². The minimum absolute atomic E-state index is 0.0107. The lowest BCUT2D eigenvalue weighted by atomic mass is 9.95. The van der Waals surface area contributed by atoms with E-state index in [1.165, 1.54) is 0 Å². The highest BCUT2D eigenvalue weighted by Gasteiger charge is 2.23. The minimum atomic E-state index is -0.626. The van der Waals surface area contributed by atoms with Gasteiger partial charge in [-0.2, -0.15) is 0 Å². The van der Waals surface area contributed by atoms with E-state index in [0.717, 1.165) is 5.56 Å². The number of amides is 2. The standard InChI is InChI=1S/C17H25Cl2N3O2/c1-10(2)15(20)16(24)21-9-14(23)22-17(3,4)8-11-5-6-12(18)7-13(11)19/h5-7,10,15H,8-9,20H2,1-4H3,(H,21,24)(H,22,23)/t15-/m0/s1. The van der Waals surface area contributed by atoms with Gasteiger partial charge in [0.15, 0.2) is 0 Å². The lowest BCUT2D eigenvalue weighted by Crippen LogP contribution is -2.51. The highest BCUT2D eigenvalue weighted by molar-refractivity contribution is 6.35. The average molecular weight is 374 g/mol. The number of benzene rings is 1. The zero-order valence-electron chi connectivity index (χ0n) is 14.5. The summed E-state index contributed by atoms with van der Waals surface area (Å²) in [4.78, 5) is 23.8. The normalized spacial score (nSPS) is 12.8. The van der Waals surface area contributed by atoms with Crippen LogP contribution in [0.15, 0.2) is 18.2 Å². The summed E-state index contributed by atoms with van der Waals surface area (Å²) in [6.45, 7) is 7.36. The third kappa shape index (κ3) is 6.67. The Bertz CT molecular complexity index is 603. The summed E-state index contributed by atoms with van der Waals surface area (Å²) < 4.78 is 0. The van der Waals surface area contributed by atoms with Crippen LogP contribution in [0, 0.1) is 5.92 Å². The summed E-state index contributed by atoms with van der Waals surface area (Å²) in [6, 6.07) is 4.64. The number of hydrogen-bond donors (Lipinski definition) is 3. The van der Waals surface area contributed by atoms with Gasteiger partial charge < -0.3 is 16.4 Å². The molecule has 1 rings (SSSR count). The zero-order chi connectivity index (χ0) is 18.5. The summed E-state index contributed by atoms with van der Waals surface area (Å²) >= 11 is 12.1. The van der Waals surface area contributed by atoms with Crippen molar-refractivity contribution in [2.75, 3.05) is 6.54 Å². The van der Waals surface area contributed by atoms with Crippen LogP contribution in [-0.2, 0) is 16.0 Å². The smallest absolute Gasteiger partial charge is 0.239 e. The summed E-state index contributed by atoms with van der Waals surface area (Å²) in [7, 11) is 0. The number of carbonyl (C=O) groups is 2. The molecule has 0 spiro atoms. The molecule has 0 aliphatic rings. The quantitative estimate of drug-likeness (QED) is 0.686. The fourth-order valence-corrected chi connectivity index (χ4v) is 2.67. The molecular formula is C17H25Cl2N3O2. The zero-order valence-corrected chi connectivity index (χ0v) is 16.0. The maximum atomic E-state index is 12.1. The highest BCUT2D eigenvalue weighted by Crippen LogP contribution is 2.24. The summed E-state index contributed by atoms with van der Waals surface area (Å²) in [6.07, 6.45) is 0.536. The molecule has 5 nitrogen and oxygen atoms in total. The van der Waals surface area contributed by atoms with Gasteiger partial charge in [0.1, 0.15) is 0 Å². The van der Waals surface area contributed by atoms with Crippen LogP contribution in [0.2, 0.25) is 10.0 Å². The van der Waals surface area contributed by atoms with Crippen molar-refractivity contribution in [3.63, 3.8) is 0 Å². The van der Waals surface area contributed by atoms with Crippen molar-refractivity contribution in [1.29, 1.82) is 0 Å². The molecule has 2 amide bonds. The fourth-order valence-electron chi connectivity index (χ4n) is 2.19. The molecule has 1 aromatic carbocycles. The lowest BCUT2D eigenvalue weighted by molar-refractivity contribution is -0.128. The summed E-state index contributed by atoms with van der Waals surface area (Å²) in [5, 5.41) is 6.55. The van der Waals surface area contributed by atoms with Crippen molar-refractivity contribution in [2.24, 2.45) is 11.7 Å². The Hall–Kier alpha value is -1.30. The molecule has 0 bridgehead atoms. The van der Waals surface area contributed by atoms with E-state index in [1.54, 1.807) is 12.1 Å². The Morgan fingerprint density at radius 1 is 1.25 bits per heavy atom. The molecule has 0 fully saturated rings. The SMILES string of the molecule is CC(C)[C@H](N)C(=O)NCC(=O)NC(C)(C)Cc1ccc(Cl)cc1Cl. The Labute approximate surface area is 153 Å². The predicted molar refractivity (Wildman–Crippen MR) is 98.2 cm³/mol. The Morgan fingerprint density at radius 3 is 2.42 bits per heavy atom. The van der Waals surface area contributed by atoms with E-state index in [4.69, 9.17) is 28.9 Å². The molecular weight excluding hydrogens is 349 g/mol. The van der Waals surface area contributed by atoms with Gasteiger partial charge in [0.05, 0.1) is 12.6 Å². The molecule has 0 aliphatic carbocycles. The second-order valence-electron chi connectivity index (χ2n) is 6.83. The summed E-state index contributed by atoms with van der Waals surface area (Å²) in [5.41, 5.74) is 6.09. The van der Waals surface area contributed by atoms with Crippen LogP contribution >= 0.6 is 23.2 Å². The monoisotopic (exact) mass is 373 g/mol. The first-order valence-electron chi connectivity index (χ1n) is 7.80. The molecule has 0 radical (unpaired) electrons. The van der Waals surface area contributed by atoms with Gasteiger partial charge >= 0.3 is 0 Å². The van der Waals surface area contributed by atoms with E-state index < -0.39 is 11.6 Å². The average Bonchev–Trinajstić information content (AvgIpc) is 2.46. The number of halogens is 2. The number of rotatable bonds is 7. The second-order valence-corrected chi connectivity index (χ2v) is 7.68. The molecule has 1 atom stereocenters. The molecule has 0 saturated carbocycles. The molecule has 0 aromatic heterocycles. The maximum Gasteiger partial charge on any atom is 0.239 e. The van der Waals surface area contributed by atoms with E-state index in [2.05, 4.69) is 10.6 Å². The molecule has 7 heteroatoms. The van der Waals surface area contributed by atoms with E-state index >= 15 is 0 Å². The number of carbonyl (C=O) groups excluding carboxylic acids is 2. The van der Waals surface area contributed by atoms with Gasteiger partial charge in [-0.05, 0) is 43.9 Å². The maximum absolute atomic E-state index is 12.1. The second kappa shape index (κ2) is 8.70. The van der Waals surface area contributed by atoms with Gasteiger partial charge in [0.25, 0.3) is 0 Å². The lowest BCUT2D eigenvalue weighted by Gasteiger charge is -2.27. The topological polar surface area (TPSA) is 84.2 Å². The van der Waals surface area contributed by atoms with Gasteiger partial charge in [-0.1, -0.05) is 43.1 Å². The molecule has 1 aromatic rings. The van der Waals surface area contributed by atoms with Gasteiger partial charge in [-0.3, -0.25) is 9.59 Å². The molecule has 0 heterocycles. The first-order valence-corrected chi connectivity index (χ1v) is 8.55. The van der Waals surface area contributed by atoms with Crippen molar-refractivity contribution >= 4 is 35.0 Å². The molecule has 0 aliphatic heterocycles. The van der Waals surface area contributed by atoms with Crippen molar-refractivity contribution < 1.29 is 9.59 Å². The van der Waals surface area contributed by atoms with Crippen LogP contribution in [0.4, 0.5) is 0 Å². The third-order valence-electron chi connectivity index (χ3n) is 3.57. The van der Waals surface area contributed by atoms with Gasteiger partial charge in [-0.15, -0.1) is 0 Å². The Balaban J connectivity index is 2.57. The van der Waals surface area contributed by atoms with Gasteiger partial charge in [0.2, 0.25) is 11.8 Å². The van der Waals surface area contributed by atoms with Crippen molar-refractivity contribution in [3.05, 3.63) is 33.8 Å². The molecule has 4 N–H and O–H groups in total. The van der Waals surface area contributed by atoms with Crippen molar-refractivity contribution in [1.82, 2.24) is 10.6 Å². The van der Waals surface area contributed by atoms with Gasteiger partial charge in [0, 0.05) is 15.6 Å². The molecule has 24 heavy (non-hydrogen) atoms. The predicted octanol–water partition coefficient (Wildman–Crippen LogP) is 2.53. The first kappa shape index (κ1) is 20.7. The van der Waals surface area contributed by atoms with Crippen LogP contribution in [-0.4, -0.2) is 29.9 Å². The number of nitrogens with two attached hydrogens (primary N) is 1. The minimum Gasteiger partial charge on any atom is -0.349 e. The fraction of sp³-hybridized carbons (Fsp3) is 0.529. The van der Waals surface area contributed by atoms with Crippen molar-refractivity contribution in [3.8, 4) is 0 Å². The summed E-state index contributed by atoms with van der Waals surface area (Å²) in [5.74, 6) is -0.607. The van der Waals surface area contributed by atoms with Crippen LogP contribution in [0.3, 0.4) is 0 Å². The molecule has 134 valence electrons. The van der Waals surface area contributed by atoms with E-state index in [1.807, 2.05) is 33.8 Å².